The van der Waals surface area contributed by atoms with Crippen LogP contribution in [-0.2, 0) is 6.54 Å². The highest BCUT2D eigenvalue weighted by Crippen LogP contribution is 2.16. The minimum atomic E-state index is -0.289. The molecule has 0 saturated heterocycles. The number of fused-ring (bicyclic) bond motifs is 1. The Labute approximate surface area is 124 Å². The first-order valence-electron chi connectivity index (χ1n) is 6.42. The van der Waals surface area contributed by atoms with Crippen molar-refractivity contribution in [3.05, 3.63) is 62.7 Å². The number of thiophene rings is 1. The zero-order valence-corrected chi connectivity index (χ0v) is 12.2. The topological polar surface area (TPSA) is 66.1 Å². The van der Waals surface area contributed by atoms with E-state index in [1.54, 1.807) is 47.5 Å². The van der Waals surface area contributed by atoms with Crippen LogP contribution in [0.5, 0.6) is 0 Å². The molecule has 3 rings (SSSR count). The highest BCUT2D eigenvalue weighted by Gasteiger charge is 2.18. The van der Waals surface area contributed by atoms with Crippen molar-refractivity contribution in [2.24, 2.45) is 0 Å². The molecule has 0 fully saturated rings. The molecule has 6 heteroatoms. The predicted octanol–water partition coefficient (Wildman–Crippen LogP) is 2.26. The molecular formula is C15H13N3O2S. The molecule has 0 aliphatic carbocycles. The number of nitrogens with zero attached hydrogens (tertiary/aromatic N) is 2. The van der Waals surface area contributed by atoms with E-state index >= 15 is 0 Å². The summed E-state index contributed by atoms with van der Waals surface area (Å²) in [6, 6.07) is 10.9. The second-order valence-electron chi connectivity index (χ2n) is 4.69. The van der Waals surface area contributed by atoms with Crippen LogP contribution in [0.25, 0.3) is 10.8 Å². The van der Waals surface area contributed by atoms with Gasteiger partial charge in [-0.05, 0) is 17.5 Å². The molecule has 0 spiro atoms. The van der Waals surface area contributed by atoms with Crippen molar-refractivity contribution in [3.63, 3.8) is 0 Å². The molecule has 1 amide bonds. The normalized spacial score (nSPS) is 10.7. The molecule has 5 nitrogen and oxygen atoms in total. The number of aromatic nitrogens is 2. The van der Waals surface area contributed by atoms with Gasteiger partial charge in [0.05, 0.1) is 11.9 Å². The van der Waals surface area contributed by atoms with Crippen LogP contribution in [0.1, 0.15) is 15.4 Å². The van der Waals surface area contributed by atoms with Gasteiger partial charge in [-0.15, -0.1) is 11.3 Å². The van der Waals surface area contributed by atoms with Gasteiger partial charge in [0, 0.05) is 17.3 Å². The number of rotatable bonds is 3. The molecular weight excluding hydrogens is 286 g/mol. The third-order valence-electron chi connectivity index (χ3n) is 3.22. The number of benzene rings is 1. The van der Waals surface area contributed by atoms with Gasteiger partial charge in [0.1, 0.15) is 0 Å². The SMILES string of the molecule is CN(Cc1cccs1)C(=O)c1n[nH]c(=O)c2ccccc12. The van der Waals surface area contributed by atoms with Gasteiger partial charge in [0.2, 0.25) is 0 Å². The maximum atomic E-state index is 12.5. The molecule has 0 saturated carbocycles. The van der Waals surface area contributed by atoms with E-state index in [2.05, 4.69) is 10.2 Å². The first-order valence-corrected chi connectivity index (χ1v) is 7.30. The summed E-state index contributed by atoms with van der Waals surface area (Å²) in [5.41, 5.74) is -0.0210. The lowest BCUT2D eigenvalue weighted by molar-refractivity contribution is 0.0781. The van der Waals surface area contributed by atoms with Crippen LogP contribution in [-0.4, -0.2) is 28.1 Å². The number of hydrogen-bond acceptors (Lipinski definition) is 4. The average molecular weight is 299 g/mol. The Morgan fingerprint density at radius 3 is 2.71 bits per heavy atom. The van der Waals surface area contributed by atoms with E-state index in [1.807, 2.05) is 17.5 Å². The number of amides is 1. The van der Waals surface area contributed by atoms with E-state index in [4.69, 9.17) is 0 Å². The average Bonchev–Trinajstić information content (AvgIpc) is 3.00. The Balaban J connectivity index is 1.98. The van der Waals surface area contributed by atoms with Crippen LogP contribution in [0.4, 0.5) is 0 Å². The Hall–Kier alpha value is -2.47. The van der Waals surface area contributed by atoms with Gasteiger partial charge in [-0.3, -0.25) is 9.59 Å². The summed E-state index contributed by atoms with van der Waals surface area (Å²) < 4.78 is 0. The van der Waals surface area contributed by atoms with Gasteiger partial charge < -0.3 is 4.90 Å². The zero-order chi connectivity index (χ0) is 14.8. The molecule has 0 atom stereocenters. The first-order chi connectivity index (χ1) is 10.2. The lowest BCUT2D eigenvalue weighted by Crippen LogP contribution is -2.28. The van der Waals surface area contributed by atoms with E-state index in [1.165, 1.54) is 0 Å². The molecule has 0 bridgehead atoms. The summed E-state index contributed by atoms with van der Waals surface area (Å²) in [4.78, 5) is 27.0. The zero-order valence-electron chi connectivity index (χ0n) is 11.4. The fraction of sp³-hybridized carbons (Fsp3) is 0.133. The number of nitrogens with one attached hydrogen (secondary N) is 1. The minimum absolute atomic E-state index is 0.212. The van der Waals surface area contributed by atoms with E-state index in [0.717, 1.165) is 4.88 Å². The fourth-order valence-electron chi connectivity index (χ4n) is 2.17. The van der Waals surface area contributed by atoms with Gasteiger partial charge in [-0.2, -0.15) is 5.10 Å². The standard InChI is InChI=1S/C15H13N3O2S/c1-18(9-10-5-4-8-21-10)15(20)13-11-6-2-3-7-12(11)14(19)17-16-13/h2-8H,9H2,1H3,(H,17,19). The van der Waals surface area contributed by atoms with Gasteiger partial charge in [0.25, 0.3) is 11.5 Å². The van der Waals surface area contributed by atoms with Crippen LogP contribution in [0.3, 0.4) is 0 Å². The summed E-state index contributed by atoms with van der Waals surface area (Å²) in [5.74, 6) is -0.212. The number of H-pyrrole nitrogens is 1. The maximum Gasteiger partial charge on any atom is 0.275 e. The minimum Gasteiger partial charge on any atom is -0.335 e. The molecule has 1 N–H and O–H groups in total. The molecule has 0 aliphatic rings. The van der Waals surface area contributed by atoms with Crippen LogP contribution in [0.15, 0.2) is 46.6 Å². The second-order valence-corrected chi connectivity index (χ2v) is 5.72. The molecule has 3 aromatic rings. The van der Waals surface area contributed by atoms with Crippen molar-refractivity contribution >= 4 is 28.0 Å². The summed E-state index contributed by atoms with van der Waals surface area (Å²) in [5, 5.41) is 9.34. The molecule has 1 aromatic carbocycles. The van der Waals surface area contributed by atoms with Crippen LogP contribution >= 0.6 is 11.3 Å². The van der Waals surface area contributed by atoms with Crippen LogP contribution in [0, 0.1) is 0 Å². The van der Waals surface area contributed by atoms with E-state index < -0.39 is 0 Å². The quantitative estimate of drug-likeness (QED) is 0.806. The number of carbonyl (C=O) groups excluding carboxylic acids is 1. The lowest BCUT2D eigenvalue weighted by Gasteiger charge is -2.16. The molecule has 0 unspecified atom stereocenters. The molecule has 2 aromatic heterocycles. The molecule has 21 heavy (non-hydrogen) atoms. The smallest absolute Gasteiger partial charge is 0.275 e. The van der Waals surface area contributed by atoms with Gasteiger partial charge in [-0.25, -0.2) is 5.10 Å². The van der Waals surface area contributed by atoms with Gasteiger partial charge in [0.15, 0.2) is 5.69 Å². The predicted molar refractivity (Wildman–Crippen MR) is 82.5 cm³/mol. The van der Waals surface area contributed by atoms with Crippen molar-refractivity contribution in [3.8, 4) is 0 Å². The molecule has 2 heterocycles. The highest BCUT2D eigenvalue weighted by atomic mass is 32.1. The van der Waals surface area contributed by atoms with Crippen molar-refractivity contribution in [2.45, 2.75) is 6.54 Å². The van der Waals surface area contributed by atoms with Gasteiger partial charge in [-0.1, -0.05) is 24.3 Å². The van der Waals surface area contributed by atoms with Crippen LogP contribution in [0.2, 0.25) is 0 Å². The highest BCUT2D eigenvalue weighted by molar-refractivity contribution is 7.09. The van der Waals surface area contributed by atoms with Crippen LogP contribution < -0.4 is 5.56 Å². The largest absolute Gasteiger partial charge is 0.335 e. The summed E-state index contributed by atoms with van der Waals surface area (Å²) >= 11 is 1.60. The van der Waals surface area contributed by atoms with E-state index in [0.29, 0.717) is 17.3 Å². The summed E-state index contributed by atoms with van der Waals surface area (Å²) in [6.07, 6.45) is 0. The van der Waals surface area contributed by atoms with E-state index in [-0.39, 0.29) is 17.2 Å². The first kappa shape index (κ1) is 13.5. The van der Waals surface area contributed by atoms with Gasteiger partial charge >= 0.3 is 0 Å². The third kappa shape index (κ3) is 2.57. The lowest BCUT2D eigenvalue weighted by atomic mass is 10.1. The Bertz CT molecular complexity index is 840. The Morgan fingerprint density at radius 1 is 1.24 bits per heavy atom. The number of hydrogen-bond donors (Lipinski definition) is 1. The number of carbonyl (C=O) groups is 1. The molecule has 106 valence electrons. The monoisotopic (exact) mass is 299 g/mol. The molecule has 0 aliphatic heterocycles. The third-order valence-corrected chi connectivity index (χ3v) is 4.08. The van der Waals surface area contributed by atoms with Crippen molar-refractivity contribution in [1.82, 2.24) is 15.1 Å². The van der Waals surface area contributed by atoms with Crippen molar-refractivity contribution < 1.29 is 4.79 Å². The Kier molecular flexibility index (Phi) is 3.53. The number of aromatic amines is 1. The second kappa shape index (κ2) is 5.49. The fourth-order valence-corrected chi connectivity index (χ4v) is 2.92. The Morgan fingerprint density at radius 2 is 2.00 bits per heavy atom. The summed E-state index contributed by atoms with van der Waals surface area (Å²) in [6.45, 7) is 0.519. The maximum absolute atomic E-state index is 12.5. The van der Waals surface area contributed by atoms with Crippen molar-refractivity contribution in [2.75, 3.05) is 7.05 Å². The van der Waals surface area contributed by atoms with E-state index in [9.17, 15) is 9.59 Å². The van der Waals surface area contributed by atoms with Crippen molar-refractivity contribution in [1.29, 1.82) is 0 Å². The molecule has 0 radical (unpaired) electrons. The summed E-state index contributed by atoms with van der Waals surface area (Å²) in [7, 11) is 1.73.